The highest BCUT2D eigenvalue weighted by molar-refractivity contribution is 5.78. The molecule has 0 radical (unpaired) electrons. The fraction of sp³-hybridized carbons (Fsp3) is 0.667. The summed E-state index contributed by atoms with van der Waals surface area (Å²) in [4.78, 5) is 11.6. The summed E-state index contributed by atoms with van der Waals surface area (Å²) < 4.78 is 6.71. The maximum absolute atomic E-state index is 11.6. The van der Waals surface area contributed by atoms with Gasteiger partial charge in [-0.1, -0.05) is 0 Å². The summed E-state index contributed by atoms with van der Waals surface area (Å²) in [5.41, 5.74) is 3.13. The van der Waals surface area contributed by atoms with E-state index < -0.39 is 0 Å². The van der Waals surface area contributed by atoms with E-state index in [1.807, 2.05) is 25.6 Å². The van der Waals surface area contributed by atoms with Gasteiger partial charge in [-0.2, -0.15) is 5.10 Å². The van der Waals surface area contributed by atoms with E-state index in [1.54, 1.807) is 7.11 Å². The molecule has 6 nitrogen and oxygen atoms in total. The molecule has 2 N–H and O–H groups in total. The minimum absolute atomic E-state index is 0.0197. The molecule has 1 heterocycles. The van der Waals surface area contributed by atoms with Gasteiger partial charge in [0.2, 0.25) is 5.91 Å². The molecule has 0 aliphatic heterocycles. The fourth-order valence-corrected chi connectivity index (χ4v) is 1.70. The van der Waals surface area contributed by atoms with Gasteiger partial charge in [0.05, 0.1) is 18.8 Å². The molecule has 1 aromatic rings. The maximum atomic E-state index is 11.6. The number of aryl methyl sites for hydroxylation is 2. The monoisotopic (exact) mass is 254 g/mol. The average Bonchev–Trinajstić information content (AvgIpc) is 2.57. The molecule has 1 amide bonds. The normalized spacial score (nSPS) is 10.7. The van der Waals surface area contributed by atoms with E-state index in [0.717, 1.165) is 17.0 Å². The number of carbonyl (C=O) groups excluding carboxylic acids is 1. The molecule has 0 saturated heterocycles. The molecule has 0 spiro atoms. The molecule has 0 saturated carbocycles. The number of aromatic nitrogens is 2. The first kappa shape index (κ1) is 14.7. The van der Waals surface area contributed by atoms with Crippen LogP contribution >= 0.6 is 0 Å². The summed E-state index contributed by atoms with van der Waals surface area (Å²) in [6, 6.07) is 0. The molecule has 0 aliphatic rings. The highest BCUT2D eigenvalue weighted by Gasteiger charge is 2.10. The Morgan fingerprint density at radius 1 is 1.44 bits per heavy atom. The van der Waals surface area contributed by atoms with Crippen LogP contribution in [0.4, 0.5) is 0 Å². The summed E-state index contributed by atoms with van der Waals surface area (Å²) in [6.07, 6.45) is 0. The van der Waals surface area contributed by atoms with Crippen LogP contribution in [0.25, 0.3) is 0 Å². The topological polar surface area (TPSA) is 68.2 Å². The molecule has 18 heavy (non-hydrogen) atoms. The van der Waals surface area contributed by atoms with Gasteiger partial charge in [-0.25, -0.2) is 0 Å². The largest absolute Gasteiger partial charge is 0.383 e. The molecular formula is C12H22N4O2. The molecular weight excluding hydrogens is 232 g/mol. The lowest BCUT2D eigenvalue weighted by molar-refractivity contribution is -0.120. The summed E-state index contributed by atoms with van der Waals surface area (Å²) in [5.74, 6) is -0.0197. The van der Waals surface area contributed by atoms with Crippen molar-refractivity contribution in [2.75, 3.05) is 26.8 Å². The zero-order chi connectivity index (χ0) is 13.5. The van der Waals surface area contributed by atoms with E-state index in [2.05, 4.69) is 15.7 Å². The van der Waals surface area contributed by atoms with E-state index in [0.29, 0.717) is 26.2 Å². The standard InChI is InChI=1S/C12H22N4O2/c1-9-11(10(2)16(3)15-9)7-14-12(17)8-13-5-6-18-4/h13H,5-8H2,1-4H3,(H,14,17). The van der Waals surface area contributed by atoms with Crippen molar-refractivity contribution < 1.29 is 9.53 Å². The third-order valence-corrected chi connectivity index (χ3v) is 2.89. The predicted octanol–water partition coefficient (Wildman–Crippen LogP) is -0.111. The van der Waals surface area contributed by atoms with Gasteiger partial charge < -0.3 is 15.4 Å². The summed E-state index contributed by atoms with van der Waals surface area (Å²) in [7, 11) is 3.54. The first-order chi connectivity index (χ1) is 8.56. The molecule has 1 aromatic heterocycles. The second-order valence-corrected chi connectivity index (χ2v) is 4.22. The van der Waals surface area contributed by atoms with Crippen LogP contribution in [-0.2, 0) is 23.1 Å². The Bertz CT molecular complexity index is 401. The highest BCUT2D eigenvalue weighted by atomic mass is 16.5. The Morgan fingerprint density at radius 3 is 2.72 bits per heavy atom. The van der Waals surface area contributed by atoms with Crippen LogP contribution in [0.1, 0.15) is 17.0 Å². The minimum atomic E-state index is -0.0197. The number of nitrogens with zero attached hydrogens (tertiary/aromatic N) is 2. The minimum Gasteiger partial charge on any atom is -0.383 e. The Morgan fingerprint density at radius 2 is 2.17 bits per heavy atom. The predicted molar refractivity (Wildman–Crippen MR) is 69.3 cm³/mol. The first-order valence-electron chi connectivity index (χ1n) is 6.01. The van der Waals surface area contributed by atoms with Crippen LogP contribution in [0.15, 0.2) is 0 Å². The highest BCUT2D eigenvalue weighted by Crippen LogP contribution is 2.10. The van der Waals surface area contributed by atoms with Crippen molar-refractivity contribution in [1.29, 1.82) is 0 Å². The van der Waals surface area contributed by atoms with Gasteiger partial charge in [0.15, 0.2) is 0 Å². The number of hydrogen-bond acceptors (Lipinski definition) is 4. The number of rotatable bonds is 7. The van der Waals surface area contributed by atoms with E-state index in [1.165, 1.54) is 0 Å². The number of methoxy groups -OCH3 is 1. The molecule has 0 fully saturated rings. The van der Waals surface area contributed by atoms with Crippen LogP contribution in [-0.4, -0.2) is 42.5 Å². The Balaban J connectivity index is 2.34. The maximum Gasteiger partial charge on any atom is 0.234 e. The fourth-order valence-electron chi connectivity index (χ4n) is 1.70. The van der Waals surface area contributed by atoms with Crippen molar-refractivity contribution in [2.24, 2.45) is 7.05 Å². The lowest BCUT2D eigenvalue weighted by atomic mass is 10.2. The van der Waals surface area contributed by atoms with Crippen molar-refractivity contribution in [3.05, 3.63) is 17.0 Å². The van der Waals surface area contributed by atoms with E-state index in [9.17, 15) is 4.79 Å². The molecule has 0 aliphatic carbocycles. The zero-order valence-electron chi connectivity index (χ0n) is 11.5. The second-order valence-electron chi connectivity index (χ2n) is 4.22. The molecule has 0 unspecified atom stereocenters. The van der Waals surface area contributed by atoms with Gasteiger partial charge in [0.25, 0.3) is 0 Å². The summed E-state index contributed by atoms with van der Waals surface area (Å²) >= 11 is 0. The van der Waals surface area contributed by atoms with Crippen molar-refractivity contribution in [1.82, 2.24) is 20.4 Å². The molecule has 0 atom stereocenters. The van der Waals surface area contributed by atoms with Crippen LogP contribution in [0.3, 0.4) is 0 Å². The number of ether oxygens (including phenoxy) is 1. The smallest absolute Gasteiger partial charge is 0.234 e. The van der Waals surface area contributed by atoms with Crippen molar-refractivity contribution in [2.45, 2.75) is 20.4 Å². The third kappa shape index (κ3) is 4.12. The number of amides is 1. The number of nitrogens with one attached hydrogen (secondary N) is 2. The molecule has 0 aromatic carbocycles. The van der Waals surface area contributed by atoms with Crippen LogP contribution in [0.5, 0.6) is 0 Å². The van der Waals surface area contributed by atoms with E-state index >= 15 is 0 Å². The third-order valence-electron chi connectivity index (χ3n) is 2.89. The van der Waals surface area contributed by atoms with Gasteiger partial charge >= 0.3 is 0 Å². The van der Waals surface area contributed by atoms with Crippen LogP contribution in [0, 0.1) is 13.8 Å². The lowest BCUT2D eigenvalue weighted by Crippen LogP contribution is -2.35. The Hall–Kier alpha value is -1.40. The summed E-state index contributed by atoms with van der Waals surface area (Å²) in [5, 5.41) is 10.2. The van der Waals surface area contributed by atoms with Crippen molar-refractivity contribution >= 4 is 5.91 Å². The molecule has 102 valence electrons. The van der Waals surface area contributed by atoms with Crippen LogP contribution < -0.4 is 10.6 Å². The molecule has 1 rings (SSSR count). The van der Waals surface area contributed by atoms with Crippen LogP contribution in [0.2, 0.25) is 0 Å². The van der Waals surface area contributed by atoms with Gasteiger partial charge in [-0.3, -0.25) is 9.48 Å². The molecule has 6 heteroatoms. The molecule has 0 bridgehead atoms. The summed E-state index contributed by atoms with van der Waals surface area (Å²) in [6.45, 7) is 6.06. The number of hydrogen-bond donors (Lipinski definition) is 2. The zero-order valence-corrected chi connectivity index (χ0v) is 11.5. The van der Waals surface area contributed by atoms with Crippen molar-refractivity contribution in [3.63, 3.8) is 0 Å². The second kappa shape index (κ2) is 7.13. The van der Waals surface area contributed by atoms with Gasteiger partial charge in [0, 0.05) is 38.5 Å². The number of carbonyl (C=O) groups is 1. The van der Waals surface area contributed by atoms with Gasteiger partial charge in [-0.05, 0) is 13.8 Å². The SMILES string of the molecule is COCCNCC(=O)NCc1c(C)nn(C)c1C. The average molecular weight is 254 g/mol. The Kier molecular flexibility index (Phi) is 5.80. The van der Waals surface area contributed by atoms with Gasteiger partial charge in [-0.15, -0.1) is 0 Å². The van der Waals surface area contributed by atoms with E-state index in [-0.39, 0.29) is 5.91 Å². The van der Waals surface area contributed by atoms with Crippen molar-refractivity contribution in [3.8, 4) is 0 Å². The Labute approximate surface area is 108 Å². The first-order valence-corrected chi connectivity index (χ1v) is 6.01. The van der Waals surface area contributed by atoms with E-state index in [4.69, 9.17) is 4.74 Å². The van der Waals surface area contributed by atoms with Gasteiger partial charge in [0.1, 0.15) is 0 Å². The lowest BCUT2D eigenvalue weighted by Gasteiger charge is -2.07. The quantitative estimate of drug-likeness (QED) is 0.666.